The number of halogens is 1. The smallest absolute Gasteiger partial charge is 0.0820 e. The predicted octanol–water partition coefficient (Wildman–Crippen LogP) is 2.74. The van der Waals surface area contributed by atoms with Gasteiger partial charge in [0.15, 0.2) is 0 Å². The van der Waals surface area contributed by atoms with Gasteiger partial charge in [-0.3, -0.25) is 9.97 Å². The highest BCUT2D eigenvalue weighted by molar-refractivity contribution is 6.33. The van der Waals surface area contributed by atoms with Gasteiger partial charge in [0.25, 0.3) is 0 Å². The zero-order chi connectivity index (χ0) is 10.5. The van der Waals surface area contributed by atoms with Gasteiger partial charge in [0.1, 0.15) is 0 Å². The van der Waals surface area contributed by atoms with E-state index in [-0.39, 0.29) is 0 Å². The van der Waals surface area contributed by atoms with Crippen LogP contribution in [0, 0.1) is 0 Å². The molecule has 2 heterocycles. The second kappa shape index (κ2) is 4.75. The molecular weight excluding hydrogens is 210 g/mol. The summed E-state index contributed by atoms with van der Waals surface area (Å²) in [5.74, 6) is 0. The molecule has 2 rings (SSSR count). The Morgan fingerprint density at radius 2 is 2.00 bits per heavy atom. The van der Waals surface area contributed by atoms with E-state index in [9.17, 15) is 0 Å². The second-order valence-corrected chi connectivity index (χ2v) is 3.48. The van der Waals surface area contributed by atoms with Crippen molar-refractivity contribution in [3.05, 3.63) is 53.6 Å². The summed E-state index contributed by atoms with van der Waals surface area (Å²) in [7, 11) is 0. The van der Waals surface area contributed by atoms with Crippen LogP contribution >= 0.6 is 11.6 Å². The average molecular weight is 220 g/mol. The van der Waals surface area contributed by atoms with Gasteiger partial charge in [-0.1, -0.05) is 17.7 Å². The Balaban J connectivity index is 2.03. The molecule has 3 nitrogen and oxygen atoms in total. The SMILES string of the molecule is Clc1cnccc1NCc1cccnc1. The van der Waals surface area contributed by atoms with Crippen LogP contribution in [0.4, 0.5) is 5.69 Å². The fourth-order valence-electron chi connectivity index (χ4n) is 1.22. The Kier molecular flexibility index (Phi) is 3.15. The molecule has 0 fully saturated rings. The van der Waals surface area contributed by atoms with E-state index in [1.165, 1.54) is 0 Å². The van der Waals surface area contributed by atoms with E-state index in [1.807, 2.05) is 24.4 Å². The summed E-state index contributed by atoms with van der Waals surface area (Å²) < 4.78 is 0. The van der Waals surface area contributed by atoms with E-state index in [0.29, 0.717) is 11.6 Å². The molecular formula is C11H10ClN3. The molecule has 0 radical (unpaired) electrons. The van der Waals surface area contributed by atoms with Crippen molar-refractivity contribution in [2.75, 3.05) is 5.32 Å². The van der Waals surface area contributed by atoms with Crippen LogP contribution in [-0.4, -0.2) is 9.97 Å². The Labute approximate surface area is 93.1 Å². The summed E-state index contributed by atoms with van der Waals surface area (Å²) in [5, 5.41) is 3.84. The Bertz CT molecular complexity index is 431. The van der Waals surface area contributed by atoms with E-state index in [4.69, 9.17) is 11.6 Å². The molecule has 0 unspecified atom stereocenters. The van der Waals surface area contributed by atoms with Crippen molar-refractivity contribution in [2.24, 2.45) is 0 Å². The van der Waals surface area contributed by atoms with Crippen molar-refractivity contribution in [1.29, 1.82) is 0 Å². The van der Waals surface area contributed by atoms with Gasteiger partial charge >= 0.3 is 0 Å². The number of nitrogens with one attached hydrogen (secondary N) is 1. The Morgan fingerprint density at radius 3 is 2.73 bits per heavy atom. The summed E-state index contributed by atoms with van der Waals surface area (Å²) in [6, 6.07) is 5.76. The fourth-order valence-corrected chi connectivity index (χ4v) is 1.40. The first-order valence-electron chi connectivity index (χ1n) is 4.58. The summed E-state index contributed by atoms with van der Waals surface area (Å²) >= 11 is 5.95. The van der Waals surface area contributed by atoms with Crippen LogP contribution in [-0.2, 0) is 6.54 Å². The van der Waals surface area contributed by atoms with Gasteiger partial charge in [-0.2, -0.15) is 0 Å². The quantitative estimate of drug-likeness (QED) is 0.863. The highest BCUT2D eigenvalue weighted by Gasteiger charge is 1.98. The number of hydrogen-bond acceptors (Lipinski definition) is 3. The first-order valence-corrected chi connectivity index (χ1v) is 4.96. The van der Waals surface area contributed by atoms with Crippen LogP contribution in [0.15, 0.2) is 43.0 Å². The van der Waals surface area contributed by atoms with Crippen molar-refractivity contribution < 1.29 is 0 Å². The maximum atomic E-state index is 5.95. The first-order chi connectivity index (χ1) is 7.36. The van der Waals surface area contributed by atoms with E-state index >= 15 is 0 Å². The molecule has 4 heteroatoms. The van der Waals surface area contributed by atoms with Crippen molar-refractivity contribution in [3.8, 4) is 0 Å². The van der Waals surface area contributed by atoms with Gasteiger partial charge in [-0.15, -0.1) is 0 Å². The number of anilines is 1. The molecule has 2 aromatic rings. The molecule has 0 aliphatic rings. The highest BCUT2D eigenvalue weighted by Crippen LogP contribution is 2.19. The highest BCUT2D eigenvalue weighted by atomic mass is 35.5. The lowest BCUT2D eigenvalue weighted by Gasteiger charge is -2.06. The van der Waals surface area contributed by atoms with Crippen LogP contribution < -0.4 is 5.32 Å². The van der Waals surface area contributed by atoms with Crippen LogP contribution in [0.3, 0.4) is 0 Å². The van der Waals surface area contributed by atoms with E-state index in [2.05, 4.69) is 15.3 Å². The van der Waals surface area contributed by atoms with Gasteiger partial charge in [0.2, 0.25) is 0 Å². The molecule has 1 N–H and O–H groups in total. The molecule has 0 aromatic carbocycles. The van der Waals surface area contributed by atoms with Crippen molar-refractivity contribution in [2.45, 2.75) is 6.54 Å². The van der Waals surface area contributed by atoms with Crippen molar-refractivity contribution in [3.63, 3.8) is 0 Å². The van der Waals surface area contributed by atoms with Gasteiger partial charge in [0, 0.05) is 31.3 Å². The molecule has 15 heavy (non-hydrogen) atoms. The first kappa shape index (κ1) is 9.93. The van der Waals surface area contributed by atoms with Gasteiger partial charge < -0.3 is 5.32 Å². The molecule has 2 aromatic heterocycles. The third kappa shape index (κ3) is 2.67. The largest absolute Gasteiger partial charge is 0.380 e. The number of rotatable bonds is 3. The van der Waals surface area contributed by atoms with Gasteiger partial charge in [0.05, 0.1) is 10.7 Å². The normalized spacial score (nSPS) is 9.93. The summed E-state index contributed by atoms with van der Waals surface area (Å²) in [4.78, 5) is 7.95. The number of pyridine rings is 2. The number of aromatic nitrogens is 2. The number of hydrogen-bond donors (Lipinski definition) is 1. The fraction of sp³-hybridized carbons (Fsp3) is 0.0909. The number of nitrogens with zero attached hydrogens (tertiary/aromatic N) is 2. The molecule has 0 amide bonds. The predicted molar refractivity (Wildman–Crippen MR) is 60.8 cm³/mol. The molecule has 76 valence electrons. The summed E-state index contributed by atoms with van der Waals surface area (Å²) in [6.45, 7) is 0.706. The van der Waals surface area contributed by atoms with Gasteiger partial charge in [-0.05, 0) is 17.7 Å². The molecule has 0 saturated heterocycles. The second-order valence-electron chi connectivity index (χ2n) is 3.07. The lowest BCUT2D eigenvalue weighted by Crippen LogP contribution is -2.00. The minimum atomic E-state index is 0.626. The van der Waals surface area contributed by atoms with Gasteiger partial charge in [-0.25, -0.2) is 0 Å². The van der Waals surface area contributed by atoms with Crippen molar-refractivity contribution >= 4 is 17.3 Å². The van der Waals surface area contributed by atoms with Crippen LogP contribution in [0.25, 0.3) is 0 Å². The van der Waals surface area contributed by atoms with Crippen LogP contribution in [0.1, 0.15) is 5.56 Å². The minimum Gasteiger partial charge on any atom is -0.380 e. The summed E-state index contributed by atoms with van der Waals surface area (Å²) in [5.41, 5.74) is 2.00. The Hall–Kier alpha value is -1.61. The lowest BCUT2D eigenvalue weighted by atomic mass is 10.3. The van der Waals surface area contributed by atoms with Crippen LogP contribution in [0.5, 0.6) is 0 Å². The van der Waals surface area contributed by atoms with E-state index < -0.39 is 0 Å². The van der Waals surface area contributed by atoms with E-state index in [1.54, 1.807) is 18.6 Å². The Morgan fingerprint density at radius 1 is 1.13 bits per heavy atom. The monoisotopic (exact) mass is 219 g/mol. The standard InChI is InChI=1S/C11H10ClN3/c12-10-8-14-5-3-11(10)15-7-9-2-1-4-13-6-9/h1-6,8H,7H2,(H,14,15). The maximum Gasteiger partial charge on any atom is 0.0820 e. The molecule has 0 saturated carbocycles. The van der Waals surface area contributed by atoms with E-state index in [0.717, 1.165) is 11.3 Å². The minimum absolute atomic E-state index is 0.626. The third-order valence-electron chi connectivity index (χ3n) is 1.98. The average Bonchev–Trinajstić information content (AvgIpc) is 2.29. The molecule has 0 bridgehead atoms. The summed E-state index contributed by atoms with van der Waals surface area (Å²) in [6.07, 6.45) is 6.90. The van der Waals surface area contributed by atoms with Crippen molar-refractivity contribution in [1.82, 2.24) is 9.97 Å². The third-order valence-corrected chi connectivity index (χ3v) is 2.28. The topological polar surface area (TPSA) is 37.8 Å². The molecule has 0 aliphatic heterocycles. The zero-order valence-electron chi connectivity index (χ0n) is 8.02. The maximum absolute atomic E-state index is 5.95. The van der Waals surface area contributed by atoms with Crippen LogP contribution in [0.2, 0.25) is 5.02 Å². The molecule has 0 aliphatic carbocycles. The molecule has 0 spiro atoms. The molecule has 0 atom stereocenters. The zero-order valence-corrected chi connectivity index (χ0v) is 8.78. The lowest BCUT2D eigenvalue weighted by molar-refractivity contribution is 1.11.